The van der Waals surface area contributed by atoms with Crippen molar-refractivity contribution in [3.63, 3.8) is 0 Å². The lowest BCUT2D eigenvalue weighted by Gasteiger charge is -2.32. The van der Waals surface area contributed by atoms with Crippen LogP contribution in [0.5, 0.6) is 17.2 Å². The molecule has 1 N–H and O–H groups in total. The van der Waals surface area contributed by atoms with Crippen LogP contribution in [0.4, 0.5) is 9.18 Å². The van der Waals surface area contributed by atoms with Gasteiger partial charge in [0, 0.05) is 55.8 Å². The van der Waals surface area contributed by atoms with Gasteiger partial charge in [-0.1, -0.05) is 0 Å². The van der Waals surface area contributed by atoms with Crippen LogP contribution < -0.4 is 25.1 Å². The molecule has 196 valence electrons. The number of halogens is 1. The molecular formula is C26H29FN4O6. The average molecular weight is 513 g/mol. The highest BCUT2D eigenvalue weighted by Gasteiger charge is 2.22. The number of piperidine rings is 1. The van der Waals surface area contributed by atoms with Gasteiger partial charge in [-0.15, -0.1) is 0 Å². The number of carbonyl (C=O) groups is 1. The summed E-state index contributed by atoms with van der Waals surface area (Å²) in [5.74, 6) is 1.13. The summed E-state index contributed by atoms with van der Waals surface area (Å²) in [4.78, 5) is 31.3. The van der Waals surface area contributed by atoms with Crippen molar-refractivity contribution in [2.75, 3.05) is 40.0 Å². The summed E-state index contributed by atoms with van der Waals surface area (Å²) in [6, 6.07) is 7.52. The van der Waals surface area contributed by atoms with Crippen LogP contribution in [-0.4, -0.2) is 66.5 Å². The fourth-order valence-corrected chi connectivity index (χ4v) is 4.69. The van der Waals surface area contributed by atoms with Crippen LogP contribution >= 0.6 is 0 Å². The predicted octanol–water partition coefficient (Wildman–Crippen LogP) is 2.71. The number of hydrogen-bond donors (Lipinski definition) is 1. The largest absolute Gasteiger partial charge is 0.496 e. The van der Waals surface area contributed by atoms with Gasteiger partial charge in [0.05, 0.1) is 24.5 Å². The summed E-state index contributed by atoms with van der Waals surface area (Å²) in [5.41, 5.74) is 0.901. The van der Waals surface area contributed by atoms with E-state index >= 15 is 0 Å². The third kappa shape index (κ3) is 5.77. The molecule has 1 fully saturated rings. The normalized spacial score (nSPS) is 15.9. The number of benzene rings is 1. The Kier molecular flexibility index (Phi) is 7.40. The molecule has 2 aliphatic rings. The van der Waals surface area contributed by atoms with Crippen molar-refractivity contribution in [2.24, 2.45) is 0 Å². The number of aromatic nitrogens is 2. The number of fused-ring (bicyclic) bond motifs is 2. The highest BCUT2D eigenvalue weighted by Crippen LogP contribution is 2.29. The van der Waals surface area contributed by atoms with Crippen LogP contribution in [0.25, 0.3) is 10.9 Å². The Labute approximate surface area is 212 Å². The van der Waals surface area contributed by atoms with Crippen molar-refractivity contribution in [1.29, 1.82) is 0 Å². The minimum Gasteiger partial charge on any atom is -0.496 e. The second-order valence-electron chi connectivity index (χ2n) is 9.02. The van der Waals surface area contributed by atoms with Crippen LogP contribution in [0.2, 0.25) is 0 Å². The maximum atomic E-state index is 14.1. The predicted molar refractivity (Wildman–Crippen MR) is 133 cm³/mol. The Morgan fingerprint density at radius 3 is 2.70 bits per heavy atom. The third-order valence-electron chi connectivity index (χ3n) is 6.64. The van der Waals surface area contributed by atoms with Gasteiger partial charge in [0.25, 0.3) is 5.56 Å². The number of ether oxygens (including phenoxy) is 4. The molecule has 2 aliphatic heterocycles. The lowest BCUT2D eigenvalue weighted by molar-refractivity contribution is 0.124. The molecule has 0 saturated carbocycles. The first-order chi connectivity index (χ1) is 18.0. The molecule has 1 aromatic carbocycles. The van der Waals surface area contributed by atoms with Gasteiger partial charge in [0.15, 0.2) is 11.5 Å². The first kappa shape index (κ1) is 24.8. The third-order valence-corrected chi connectivity index (χ3v) is 6.64. The zero-order valence-corrected chi connectivity index (χ0v) is 20.6. The van der Waals surface area contributed by atoms with E-state index in [1.54, 1.807) is 22.9 Å². The van der Waals surface area contributed by atoms with E-state index in [0.717, 1.165) is 25.9 Å². The van der Waals surface area contributed by atoms with Crippen molar-refractivity contribution >= 4 is 17.0 Å². The molecule has 10 nitrogen and oxygen atoms in total. The number of nitrogens with one attached hydrogen (secondary N) is 1. The molecule has 0 atom stereocenters. The van der Waals surface area contributed by atoms with E-state index in [2.05, 4.69) is 15.2 Å². The molecule has 37 heavy (non-hydrogen) atoms. The van der Waals surface area contributed by atoms with Crippen LogP contribution in [-0.2, 0) is 17.9 Å². The van der Waals surface area contributed by atoms with Gasteiger partial charge in [0.1, 0.15) is 31.4 Å². The van der Waals surface area contributed by atoms with Crippen molar-refractivity contribution in [1.82, 2.24) is 19.8 Å². The van der Waals surface area contributed by atoms with Gasteiger partial charge < -0.3 is 33.7 Å². The molecule has 0 bridgehead atoms. The van der Waals surface area contributed by atoms with E-state index in [1.807, 2.05) is 0 Å². The molecule has 0 spiro atoms. The summed E-state index contributed by atoms with van der Waals surface area (Å²) < 4.78 is 37.3. The van der Waals surface area contributed by atoms with Gasteiger partial charge in [-0.05, 0) is 25.0 Å². The van der Waals surface area contributed by atoms with Gasteiger partial charge in [-0.2, -0.15) is 0 Å². The van der Waals surface area contributed by atoms with E-state index in [9.17, 15) is 14.0 Å². The summed E-state index contributed by atoms with van der Waals surface area (Å²) in [6.45, 7) is 3.56. The Balaban J connectivity index is 1.10. The van der Waals surface area contributed by atoms with Crippen LogP contribution in [0.15, 0.2) is 41.3 Å². The summed E-state index contributed by atoms with van der Waals surface area (Å²) in [5, 5.41) is 3.61. The first-order valence-electron chi connectivity index (χ1n) is 12.3. The van der Waals surface area contributed by atoms with Crippen molar-refractivity contribution in [3.8, 4) is 17.2 Å². The maximum Gasteiger partial charge on any atom is 0.407 e. The van der Waals surface area contributed by atoms with Crippen molar-refractivity contribution < 1.29 is 28.1 Å². The van der Waals surface area contributed by atoms with Crippen molar-refractivity contribution in [3.05, 3.63) is 58.4 Å². The highest BCUT2D eigenvalue weighted by molar-refractivity contribution is 5.85. The minimum atomic E-state index is -0.492. The summed E-state index contributed by atoms with van der Waals surface area (Å²) >= 11 is 0. The Hall–Kier alpha value is -3.86. The summed E-state index contributed by atoms with van der Waals surface area (Å²) in [6.07, 6.45) is 2.59. The lowest BCUT2D eigenvalue weighted by atomic mass is 10.1. The molecule has 1 saturated heterocycles. The Morgan fingerprint density at radius 1 is 1.14 bits per heavy atom. The quantitative estimate of drug-likeness (QED) is 0.516. The average Bonchev–Trinajstić information content (AvgIpc) is 2.91. The Morgan fingerprint density at radius 2 is 1.92 bits per heavy atom. The van der Waals surface area contributed by atoms with E-state index in [1.165, 1.54) is 25.3 Å². The van der Waals surface area contributed by atoms with E-state index in [4.69, 9.17) is 18.9 Å². The zero-order chi connectivity index (χ0) is 25.8. The molecule has 0 radical (unpaired) electrons. The number of methoxy groups -OCH3 is 1. The maximum absolute atomic E-state index is 14.1. The molecule has 11 heteroatoms. The molecule has 0 aliphatic carbocycles. The number of likely N-dealkylation sites (tertiary alicyclic amines) is 1. The topological polar surface area (TPSA) is 104 Å². The molecule has 2 aromatic heterocycles. The van der Waals surface area contributed by atoms with E-state index in [-0.39, 0.29) is 18.2 Å². The Bertz CT molecular complexity index is 1340. The number of rotatable bonds is 7. The molecule has 3 aromatic rings. The lowest BCUT2D eigenvalue weighted by Crippen LogP contribution is -2.45. The molecule has 4 heterocycles. The second kappa shape index (κ2) is 11.0. The smallest absolute Gasteiger partial charge is 0.407 e. The molecular weight excluding hydrogens is 483 g/mol. The summed E-state index contributed by atoms with van der Waals surface area (Å²) in [7, 11) is 1.48. The number of pyridine rings is 2. The fraction of sp³-hybridized carbons (Fsp3) is 0.423. The van der Waals surface area contributed by atoms with Gasteiger partial charge in [-0.25, -0.2) is 9.18 Å². The van der Waals surface area contributed by atoms with Crippen molar-refractivity contribution in [2.45, 2.75) is 32.0 Å². The monoisotopic (exact) mass is 512 g/mol. The van der Waals surface area contributed by atoms with Gasteiger partial charge in [0.2, 0.25) is 0 Å². The van der Waals surface area contributed by atoms with Crippen LogP contribution in [0.3, 0.4) is 0 Å². The molecule has 1 amide bonds. The fourth-order valence-electron chi connectivity index (χ4n) is 4.69. The SMILES string of the molecule is COc1cc(F)cc2c1ccc(=O)n2CCN1CCC(NC(=O)OCc2cc3c(cn2)OCCO3)CC1. The second-order valence-corrected chi connectivity index (χ2v) is 9.02. The molecule has 0 unspecified atom stereocenters. The van der Waals surface area contributed by atoms with Crippen LogP contribution in [0.1, 0.15) is 18.5 Å². The van der Waals surface area contributed by atoms with Gasteiger partial charge in [-0.3, -0.25) is 9.78 Å². The molecule has 5 rings (SSSR count). The number of nitrogens with zero attached hydrogens (tertiary/aromatic N) is 3. The highest BCUT2D eigenvalue weighted by atomic mass is 19.1. The zero-order valence-electron chi connectivity index (χ0n) is 20.6. The van der Waals surface area contributed by atoms with Gasteiger partial charge >= 0.3 is 6.09 Å². The number of carbonyl (C=O) groups excluding carboxylic acids is 1. The minimum absolute atomic E-state index is 0.00406. The first-order valence-corrected chi connectivity index (χ1v) is 12.3. The number of alkyl carbamates (subject to hydrolysis) is 1. The van der Waals surface area contributed by atoms with E-state index in [0.29, 0.717) is 60.1 Å². The standard InChI is InChI=1S/C26H29FN4O6/c1-34-22-13-17(27)12-21-20(22)2-3-25(32)31(21)9-8-30-6-4-18(5-7-30)29-26(33)37-16-19-14-23-24(15-28-19)36-11-10-35-23/h2-3,12-15,18H,4-11,16H2,1H3,(H,29,33). The number of hydrogen-bond acceptors (Lipinski definition) is 8. The van der Waals surface area contributed by atoms with E-state index < -0.39 is 11.9 Å². The van der Waals surface area contributed by atoms with Crippen LogP contribution in [0, 0.1) is 5.82 Å². The number of amides is 1.